The van der Waals surface area contributed by atoms with Gasteiger partial charge in [-0.05, 0) is 23.3 Å². The maximum Gasteiger partial charge on any atom is 0.309 e. The SMILES string of the molecule is COC(=O)Cc1ccc(OCCNC[C@H](O)c2ccccc2)cc1. The van der Waals surface area contributed by atoms with E-state index >= 15 is 0 Å². The van der Waals surface area contributed by atoms with E-state index in [4.69, 9.17) is 4.74 Å². The maximum absolute atomic E-state index is 11.2. The van der Waals surface area contributed by atoms with Gasteiger partial charge >= 0.3 is 5.97 Å². The summed E-state index contributed by atoms with van der Waals surface area (Å²) in [6, 6.07) is 16.9. The molecule has 0 fully saturated rings. The number of aliphatic hydroxyl groups is 1. The summed E-state index contributed by atoms with van der Waals surface area (Å²) >= 11 is 0. The Bertz CT molecular complexity index is 613. The standard InChI is InChI=1S/C19H23NO4/c1-23-19(22)13-15-7-9-17(10-8-15)24-12-11-20-14-18(21)16-5-3-2-4-6-16/h2-10,18,20-21H,11-14H2,1H3/t18-/m0/s1. The fourth-order valence-electron chi connectivity index (χ4n) is 2.22. The lowest BCUT2D eigenvalue weighted by Crippen LogP contribution is -2.26. The molecule has 5 heteroatoms. The molecule has 0 radical (unpaired) electrons. The number of esters is 1. The molecule has 24 heavy (non-hydrogen) atoms. The van der Waals surface area contributed by atoms with Gasteiger partial charge < -0.3 is 19.9 Å². The fourth-order valence-corrected chi connectivity index (χ4v) is 2.22. The molecule has 0 aromatic heterocycles. The monoisotopic (exact) mass is 329 g/mol. The van der Waals surface area contributed by atoms with Crippen molar-refractivity contribution in [2.75, 3.05) is 26.8 Å². The molecule has 0 saturated heterocycles. The third-order valence-electron chi connectivity index (χ3n) is 3.57. The van der Waals surface area contributed by atoms with Crippen LogP contribution in [0.2, 0.25) is 0 Å². The molecule has 2 rings (SSSR count). The highest BCUT2D eigenvalue weighted by molar-refractivity contribution is 5.72. The van der Waals surface area contributed by atoms with E-state index in [1.165, 1.54) is 7.11 Å². The molecule has 2 N–H and O–H groups in total. The van der Waals surface area contributed by atoms with Gasteiger partial charge in [0, 0.05) is 13.1 Å². The number of hydrogen-bond acceptors (Lipinski definition) is 5. The van der Waals surface area contributed by atoms with Crippen LogP contribution in [-0.4, -0.2) is 37.9 Å². The molecule has 0 aliphatic rings. The first-order valence-electron chi connectivity index (χ1n) is 7.91. The highest BCUT2D eigenvalue weighted by Gasteiger charge is 2.06. The predicted octanol–water partition coefficient (Wildman–Crippen LogP) is 2.10. The summed E-state index contributed by atoms with van der Waals surface area (Å²) in [6.07, 6.45) is -0.265. The van der Waals surface area contributed by atoms with E-state index in [1.54, 1.807) is 0 Å². The number of methoxy groups -OCH3 is 1. The molecule has 2 aromatic rings. The largest absolute Gasteiger partial charge is 0.492 e. The smallest absolute Gasteiger partial charge is 0.309 e. The Morgan fingerprint density at radius 3 is 2.50 bits per heavy atom. The number of benzene rings is 2. The van der Waals surface area contributed by atoms with Crippen LogP contribution < -0.4 is 10.1 Å². The molecule has 0 unspecified atom stereocenters. The van der Waals surface area contributed by atoms with Crippen molar-refractivity contribution in [1.29, 1.82) is 0 Å². The average Bonchev–Trinajstić information content (AvgIpc) is 2.63. The van der Waals surface area contributed by atoms with Crippen LogP contribution in [0.25, 0.3) is 0 Å². The topological polar surface area (TPSA) is 67.8 Å². The first kappa shape index (κ1) is 18.0. The van der Waals surface area contributed by atoms with E-state index in [0.29, 0.717) is 19.7 Å². The molecule has 0 aliphatic carbocycles. The lowest BCUT2D eigenvalue weighted by atomic mass is 10.1. The van der Waals surface area contributed by atoms with Crippen LogP contribution in [0.1, 0.15) is 17.2 Å². The minimum atomic E-state index is -0.524. The Hall–Kier alpha value is -2.37. The summed E-state index contributed by atoms with van der Waals surface area (Å²) in [6.45, 7) is 1.61. The van der Waals surface area contributed by atoms with Crippen LogP contribution in [0.15, 0.2) is 54.6 Å². The van der Waals surface area contributed by atoms with E-state index < -0.39 is 6.10 Å². The van der Waals surface area contributed by atoms with Crippen molar-refractivity contribution >= 4 is 5.97 Å². The van der Waals surface area contributed by atoms with E-state index in [2.05, 4.69) is 10.1 Å². The highest BCUT2D eigenvalue weighted by atomic mass is 16.5. The van der Waals surface area contributed by atoms with Crippen molar-refractivity contribution in [3.05, 3.63) is 65.7 Å². The van der Waals surface area contributed by atoms with Crippen molar-refractivity contribution in [2.45, 2.75) is 12.5 Å². The molecular formula is C19H23NO4. The molecule has 0 spiro atoms. The first-order valence-corrected chi connectivity index (χ1v) is 7.91. The Morgan fingerprint density at radius 2 is 1.83 bits per heavy atom. The minimum Gasteiger partial charge on any atom is -0.492 e. The van der Waals surface area contributed by atoms with Crippen LogP contribution >= 0.6 is 0 Å². The number of aliphatic hydroxyl groups excluding tert-OH is 1. The van der Waals surface area contributed by atoms with Crippen molar-refractivity contribution in [3.8, 4) is 5.75 Å². The molecule has 0 amide bonds. The molecule has 1 atom stereocenters. The van der Waals surface area contributed by atoms with Gasteiger partial charge in [-0.25, -0.2) is 0 Å². The third-order valence-corrected chi connectivity index (χ3v) is 3.57. The summed E-state index contributed by atoms with van der Waals surface area (Å²) < 4.78 is 10.2. The van der Waals surface area contributed by atoms with Crippen LogP contribution in [-0.2, 0) is 16.0 Å². The van der Waals surface area contributed by atoms with E-state index in [-0.39, 0.29) is 12.4 Å². The molecule has 2 aromatic carbocycles. The maximum atomic E-state index is 11.2. The third kappa shape index (κ3) is 6.02. The number of rotatable bonds is 9. The molecule has 0 aliphatic heterocycles. The van der Waals surface area contributed by atoms with Gasteiger partial charge in [-0.3, -0.25) is 4.79 Å². The molecule has 0 heterocycles. The number of carbonyl (C=O) groups excluding carboxylic acids is 1. The Morgan fingerprint density at radius 1 is 1.12 bits per heavy atom. The number of nitrogens with one attached hydrogen (secondary N) is 1. The Balaban J connectivity index is 1.64. The Kier molecular flexibility index (Phi) is 7.26. The second-order valence-electron chi connectivity index (χ2n) is 5.38. The molecule has 128 valence electrons. The van der Waals surface area contributed by atoms with Crippen molar-refractivity contribution < 1.29 is 19.4 Å². The predicted molar refractivity (Wildman–Crippen MR) is 91.9 cm³/mol. The van der Waals surface area contributed by atoms with Crippen LogP contribution in [0.5, 0.6) is 5.75 Å². The summed E-state index contributed by atoms with van der Waals surface area (Å²) in [5.74, 6) is 0.485. The van der Waals surface area contributed by atoms with E-state index in [9.17, 15) is 9.90 Å². The van der Waals surface area contributed by atoms with Crippen LogP contribution in [0, 0.1) is 0 Å². The van der Waals surface area contributed by atoms with E-state index in [1.807, 2.05) is 54.6 Å². The summed E-state index contributed by atoms with van der Waals surface area (Å²) in [4.78, 5) is 11.2. The van der Waals surface area contributed by atoms with Crippen molar-refractivity contribution in [1.82, 2.24) is 5.32 Å². The van der Waals surface area contributed by atoms with Gasteiger partial charge in [-0.1, -0.05) is 42.5 Å². The minimum absolute atomic E-state index is 0.259. The lowest BCUT2D eigenvalue weighted by molar-refractivity contribution is -0.139. The van der Waals surface area contributed by atoms with Gasteiger partial charge in [0.15, 0.2) is 0 Å². The van der Waals surface area contributed by atoms with E-state index in [0.717, 1.165) is 16.9 Å². The molecular weight excluding hydrogens is 306 g/mol. The number of hydrogen-bond donors (Lipinski definition) is 2. The number of carbonyl (C=O) groups is 1. The molecule has 0 bridgehead atoms. The summed E-state index contributed by atoms with van der Waals surface area (Å²) in [7, 11) is 1.38. The molecule has 5 nitrogen and oxygen atoms in total. The van der Waals surface area contributed by atoms with Gasteiger partial charge in [-0.2, -0.15) is 0 Å². The Labute approximate surface area is 142 Å². The van der Waals surface area contributed by atoms with Gasteiger partial charge in [0.1, 0.15) is 12.4 Å². The van der Waals surface area contributed by atoms with Crippen molar-refractivity contribution in [2.24, 2.45) is 0 Å². The second-order valence-corrected chi connectivity index (χ2v) is 5.38. The van der Waals surface area contributed by atoms with Crippen molar-refractivity contribution in [3.63, 3.8) is 0 Å². The quantitative estimate of drug-likeness (QED) is 0.545. The zero-order chi connectivity index (χ0) is 17.2. The highest BCUT2D eigenvalue weighted by Crippen LogP contribution is 2.13. The second kappa shape index (κ2) is 9.70. The normalized spacial score (nSPS) is 11.8. The van der Waals surface area contributed by atoms with Crippen LogP contribution in [0.3, 0.4) is 0 Å². The first-order chi connectivity index (χ1) is 11.7. The zero-order valence-corrected chi connectivity index (χ0v) is 13.8. The van der Waals surface area contributed by atoms with Gasteiger partial charge in [0.2, 0.25) is 0 Å². The fraction of sp³-hybridized carbons (Fsp3) is 0.316. The molecule has 0 saturated carbocycles. The van der Waals surface area contributed by atoms with Gasteiger partial charge in [0.05, 0.1) is 19.6 Å². The number of ether oxygens (including phenoxy) is 2. The zero-order valence-electron chi connectivity index (χ0n) is 13.8. The lowest BCUT2D eigenvalue weighted by Gasteiger charge is -2.12. The average molecular weight is 329 g/mol. The summed E-state index contributed by atoms with van der Waals surface area (Å²) in [5.41, 5.74) is 1.78. The van der Waals surface area contributed by atoms with Gasteiger partial charge in [0.25, 0.3) is 0 Å². The summed E-state index contributed by atoms with van der Waals surface area (Å²) in [5, 5.41) is 13.2. The van der Waals surface area contributed by atoms with Crippen LogP contribution in [0.4, 0.5) is 0 Å². The van der Waals surface area contributed by atoms with Gasteiger partial charge in [-0.15, -0.1) is 0 Å².